The number of aromatic nitrogens is 2. The van der Waals surface area contributed by atoms with Crippen molar-refractivity contribution in [2.45, 2.75) is 18.4 Å². The first-order chi connectivity index (χ1) is 6.48. The minimum atomic E-state index is -3.73. The Kier molecular flexibility index (Phi) is 2.00. The second-order valence-electron chi connectivity index (χ2n) is 3.46. The van der Waals surface area contributed by atoms with Crippen LogP contribution in [0.5, 0.6) is 5.88 Å². The van der Waals surface area contributed by atoms with Crippen LogP contribution in [0.15, 0.2) is 11.1 Å². The first kappa shape index (κ1) is 9.47. The third-order valence-corrected chi connectivity index (χ3v) is 2.95. The van der Waals surface area contributed by atoms with Crippen molar-refractivity contribution >= 4 is 10.0 Å². The van der Waals surface area contributed by atoms with Crippen molar-refractivity contribution in [1.29, 1.82) is 0 Å². The zero-order valence-electron chi connectivity index (χ0n) is 7.67. The molecule has 0 saturated heterocycles. The molecule has 0 spiro atoms. The Bertz CT molecular complexity index is 451. The molecule has 0 aromatic carbocycles. The number of hydrogen-bond donors (Lipinski definition) is 1. The second kappa shape index (κ2) is 2.96. The fraction of sp³-hybridized carbons (Fsp3) is 0.571. The average Bonchev–Trinajstić information content (AvgIpc) is 2.45. The van der Waals surface area contributed by atoms with Gasteiger partial charge in [0.05, 0.1) is 19.3 Å². The van der Waals surface area contributed by atoms with E-state index in [4.69, 9.17) is 9.88 Å². The maximum Gasteiger partial charge on any atom is 0.245 e. The van der Waals surface area contributed by atoms with Gasteiger partial charge in [-0.1, -0.05) is 6.92 Å². The van der Waals surface area contributed by atoms with E-state index in [2.05, 4.69) is 5.10 Å². The second-order valence-corrected chi connectivity index (χ2v) is 4.99. The fourth-order valence-electron chi connectivity index (χ4n) is 1.40. The van der Waals surface area contributed by atoms with E-state index in [0.717, 1.165) is 0 Å². The summed E-state index contributed by atoms with van der Waals surface area (Å²) >= 11 is 0. The van der Waals surface area contributed by atoms with Crippen molar-refractivity contribution in [3.8, 4) is 5.88 Å². The van der Waals surface area contributed by atoms with Gasteiger partial charge in [0.15, 0.2) is 4.90 Å². The van der Waals surface area contributed by atoms with Gasteiger partial charge in [-0.3, -0.25) is 0 Å². The van der Waals surface area contributed by atoms with E-state index in [9.17, 15) is 8.42 Å². The Balaban J connectivity index is 2.49. The molecule has 0 radical (unpaired) electrons. The first-order valence-corrected chi connectivity index (χ1v) is 5.74. The lowest BCUT2D eigenvalue weighted by atomic mass is 10.2. The van der Waals surface area contributed by atoms with Gasteiger partial charge in [-0.15, -0.1) is 0 Å². The maximum atomic E-state index is 11.1. The average molecular weight is 217 g/mol. The number of ether oxygens (including phenoxy) is 1. The highest BCUT2D eigenvalue weighted by Crippen LogP contribution is 2.26. The molecule has 78 valence electrons. The summed E-state index contributed by atoms with van der Waals surface area (Å²) in [5, 5.41) is 8.90. The molecule has 1 aromatic rings. The fourth-order valence-corrected chi connectivity index (χ4v) is 2.00. The van der Waals surface area contributed by atoms with Crippen LogP contribution in [0, 0.1) is 5.92 Å². The van der Waals surface area contributed by atoms with E-state index in [0.29, 0.717) is 19.1 Å². The molecule has 7 heteroatoms. The summed E-state index contributed by atoms with van der Waals surface area (Å²) in [7, 11) is -3.73. The lowest BCUT2D eigenvalue weighted by Crippen LogP contribution is -2.24. The quantitative estimate of drug-likeness (QED) is 0.690. The molecule has 2 N–H and O–H groups in total. The molecule has 0 saturated carbocycles. The number of hydrogen-bond acceptors (Lipinski definition) is 4. The molecule has 2 rings (SSSR count). The van der Waals surface area contributed by atoms with E-state index < -0.39 is 10.0 Å². The summed E-state index contributed by atoms with van der Waals surface area (Å²) in [6, 6.07) is 0. The molecule has 0 fully saturated rings. The minimum Gasteiger partial charge on any atom is -0.477 e. The molecule has 0 aliphatic carbocycles. The van der Waals surface area contributed by atoms with Crippen molar-refractivity contribution in [3.63, 3.8) is 0 Å². The summed E-state index contributed by atoms with van der Waals surface area (Å²) in [4.78, 5) is -0.0376. The van der Waals surface area contributed by atoms with E-state index in [1.54, 1.807) is 0 Å². The van der Waals surface area contributed by atoms with Crippen LogP contribution in [-0.4, -0.2) is 24.8 Å². The molecule has 0 bridgehead atoms. The van der Waals surface area contributed by atoms with Gasteiger partial charge in [0.25, 0.3) is 0 Å². The van der Waals surface area contributed by atoms with Crippen LogP contribution in [-0.2, 0) is 16.6 Å². The third kappa shape index (κ3) is 1.48. The van der Waals surface area contributed by atoms with Crippen LogP contribution in [0.2, 0.25) is 0 Å². The van der Waals surface area contributed by atoms with Gasteiger partial charge < -0.3 is 4.74 Å². The molecular weight excluding hydrogens is 206 g/mol. The summed E-state index contributed by atoms with van der Waals surface area (Å²) in [5.41, 5.74) is 0. The molecule has 1 aliphatic rings. The zero-order valence-corrected chi connectivity index (χ0v) is 8.49. The van der Waals surface area contributed by atoms with Gasteiger partial charge in [-0.05, 0) is 0 Å². The lowest BCUT2D eigenvalue weighted by Gasteiger charge is -2.21. The Morgan fingerprint density at radius 3 is 3.07 bits per heavy atom. The van der Waals surface area contributed by atoms with Gasteiger partial charge in [0.1, 0.15) is 0 Å². The van der Waals surface area contributed by atoms with E-state index in [-0.39, 0.29) is 10.8 Å². The third-order valence-electron chi connectivity index (χ3n) is 2.06. The summed E-state index contributed by atoms with van der Waals surface area (Å²) in [6.07, 6.45) is 1.22. The Hall–Kier alpha value is -1.08. The monoisotopic (exact) mass is 217 g/mol. The van der Waals surface area contributed by atoms with Crippen LogP contribution in [0.1, 0.15) is 6.92 Å². The molecule has 6 nitrogen and oxygen atoms in total. The van der Waals surface area contributed by atoms with Gasteiger partial charge >= 0.3 is 0 Å². The number of nitrogens with zero attached hydrogens (tertiary/aromatic N) is 2. The van der Waals surface area contributed by atoms with E-state index >= 15 is 0 Å². The van der Waals surface area contributed by atoms with E-state index in [1.165, 1.54) is 10.9 Å². The summed E-state index contributed by atoms with van der Waals surface area (Å²) < 4.78 is 29.0. The highest BCUT2D eigenvalue weighted by molar-refractivity contribution is 7.89. The molecular formula is C7H11N3O3S. The van der Waals surface area contributed by atoms with Gasteiger partial charge in [-0.2, -0.15) is 5.10 Å². The number of primary sulfonamides is 1. The Morgan fingerprint density at radius 2 is 2.43 bits per heavy atom. The summed E-state index contributed by atoms with van der Waals surface area (Å²) in [5.74, 6) is 0.585. The van der Waals surface area contributed by atoms with Gasteiger partial charge in [0.2, 0.25) is 15.9 Å². The SMILES string of the molecule is CC1COc2c(S(N)(=O)=O)cnn2C1. The lowest BCUT2D eigenvalue weighted by molar-refractivity contribution is 0.170. The van der Waals surface area contributed by atoms with Crippen LogP contribution < -0.4 is 9.88 Å². The topological polar surface area (TPSA) is 87.2 Å². The smallest absolute Gasteiger partial charge is 0.245 e. The Morgan fingerprint density at radius 1 is 1.71 bits per heavy atom. The summed E-state index contributed by atoms with van der Waals surface area (Å²) in [6.45, 7) is 3.15. The molecule has 1 unspecified atom stereocenters. The predicted molar refractivity (Wildman–Crippen MR) is 48.3 cm³/mol. The van der Waals surface area contributed by atoms with Gasteiger partial charge in [-0.25, -0.2) is 18.2 Å². The molecule has 1 atom stereocenters. The first-order valence-electron chi connectivity index (χ1n) is 4.20. The van der Waals surface area contributed by atoms with Crippen molar-refractivity contribution in [2.24, 2.45) is 11.1 Å². The van der Waals surface area contributed by atoms with E-state index in [1.807, 2.05) is 6.92 Å². The number of rotatable bonds is 1. The predicted octanol–water partition coefficient (Wildman–Crippen LogP) is -0.441. The maximum absolute atomic E-state index is 11.1. The van der Waals surface area contributed by atoms with Crippen molar-refractivity contribution in [1.82, 2.24) is 9.78 Å². The zero-order chi connectivity index (χ0) is 10.3. The molecule has 0 amide bonds. The molecule has 2 heterocycles. The van der Waals surface area contributed by atoms with Crippen LogP contribution in [0.3, 0.4) is 0 Å². The van der Waals surface area contributed by atoms with Crippen molar-refractivity contribution < 1.29 is 13.2 Å². The van der Waals surface area contributed by atoms with Crippen LogP contribution >= 0.6 is 0 Å². The highest BCUT2D eigenvalue weighted by Gasteiger charge is 2.25. The van der Waals surface area contributed by atoms with Crippen molar-refractivity contribution in [2.75, 3.05) is 6.61 Å². The molecule has 1 aliphatic heterocycles. The largest absolute Gasteiger partial charge is 0.477 e. The Labute approximate surface area is 81.7 Å². The molecule has 1 aromatic heterocycles. The minimum absolute atomic E-state index is 0.0376. The normalized spacial score (nSPS) is 21.4. The highest BCUT2D eigenvalue weighted by atomic mass is 32.2. The molecule has 14 heavy (non-hydrogen) atoms. The standard InChI is InChI=1S/C7H11N3O3S/c1-5-3-10-7(13-4-5)6(2-9-10)14(8,11)12/h2,5H,3-4H2,1H3,(H2,8,11,12). The van der Waals surface area contributed by atoms with Gasteiger partial charge in [0, 0.05) is 5.92 Å². The number of fused-ring (bicyclic) bond motifs is 1. The van der Waals surface area contributed by atoms with Crippen LogP contribution in [0.4, 0.5) is 0 Å². The number of sulfonamides is 1. The number of nitrogens with two attached hydrogens (primary N) is 1. The van der Waals surface area contributed by atoms with Crippen LogP contribution in [0.25, 0.3) is 0 Å². The van der Waals surface area contributed by atoms with Crippen molar-refractivity contribution in [3.05, 3.63) is 6.20 Å².